The van der Waals surface area contributed by atoms with Gasteiger partial charge in [-0.1, -0.05) is 6.07 Å². The van der Waals surface area contributed by atoms with Crippen molar-refractivity contribution in [3.63, 3.8) is 0 Å². The molecule has 0 aliphatic carbocycles. The van der Waals surface area contributed by atoms with Crippen molar-refractivity contribution < 1.29 is 4.79 Å². The van der Waals surface area contributed by atoms with Crippen molar-refractivity contribution in [2.45, 2.75) is 0 Å². The van der Waals surface area contributed by atoms with Crippen molar-refractivity contribution in [3.05, 3.63) is 27.8 Å². The van der Waals surface area contributed by atoms with Crippen molar-refractivity contribution in [1.82, 2.24) is 10.2 Å². The van der Waals surface area contributed by atoms with Gasteiger partial charge in [-0.2, -0.15) is 0 Å². The van der Waals surface area contributed by atoms with Crippen LogP contribution in [0.2, 0.25) is 0 Å². The van der Waals surface area contributed by atoms with E-state index >= 15 is 0 Å². The number of amides is 1. The van der Waals surface area contributed by atoms with E-state index in [1.165, 1.54) is 0 Å². The van der Waals surface area contributed by atoms with Gasteiger partial charge in [0.2, 0.25) is 5.91 Å². The van der Waals surface area contributed by atoms with Gasteiger partial charge in [0, 0.05) is 22.3 Å². The monoisotopic (exact) mass is 371 g/mol. The number of fused-ring (bicyclic) bond motifs is 1. The second-order valence-corrected chi connectivity index (χ2v) is 6.68. The first-order valence-electron chi connectivity index (χ1n) is 6.69. The Hall–Kier alpha value is -0.660. The Morgan fingerprint density at radius 1 is 1.37 bits per heavy atom. The van der Waals surface area contributed by atoms with E-state index in [4.69, 9.17) is 0 Å². The molecule has 2 atom stereocenters. The summed E-state index contributed by atoms with van der Waals surface area (Å²) in [7, 11) is 0. The number of rotatable bonds is 3. The van der Waals surface area contributed by atoms with Gasteiger partial charge >= 0.3 is 0 Å². The van der Waals surface area contributed by atoms with Crippen LogP contribution in [0.25, 0.3) is 0 Å². The van der Waals surface area contributed by atoms with Crippen LogP contribution in [0.3, 0.4) is 0 Å². The highest BCUT2D eigenvalue weighted by atomic mass is 127. The molecule has 0 aromatic heterocycles. The summed E-state index contributed by atoms with van der Waals surface area (Å²) in [6.07, 6.45) is 0. The number of carbonyl (C=O) groups excluding carboxylic acids is 1. The standard InChI is InChI=1S/C14H18IN3O/c15-12-2-1-3-13(4-12)17-14(19)9-18-7-10-5-16-6-11(10)8-18/h1-4,10-11,16H,5-9H2,(H,17,19)/t10-,11+. The van der Waals surface area contributed by atoms with Crippen molar-refractivity contribution in [3.8, 4) is 0 Å². The summed E-state index contributed by atoms with van der Waals surface area (Å²) in [6.45, 7) is 4.84. The highest BCUT2D eigenvalue weighted by molar-refractivity contribution is 14.1. The fourth-order valence-electron chi connectivity index (χ4n) is 3.05. The average molecular weight is 371 g/mol. The van der Waals surface area contributed by atoms with Gasteiger partial charge in [0.1, 0.15) is 0 Å². The maximum absolute atomic E-state index is 12.0. The van der Waals surface area contributed by atoms with Crippen LogP contribution < -0.4 is 10.6 Å². The van der Waals surface area contributed by atoms with Gasteiger partial charge in [0.25, 0.3) is 0 Å². The summed E-state index contributed by atoms with van der Waals surface area (Å²) in [4.78, 5) is 14.3. The molecule has 0 spiro atoms. The van der Waals surface area contributed by atoms with Crippen LogP contribution >= 0.6 is 22.6 Å². The Kier molecular flexibility index (Phi) is 4.04. The Morgan fingerprint density at radius 2 is 2.11 bits per heavy atom. The Bertz CT molecular complexity index is 468. The Balaban J connectivity index is 1.52. The molecule has 1 aromatic rings. The minimum Gasteiger partial charge on any atom is -0.325 e. The summed E-state index contributed by atoms with van der Waals surface area (Å²) in [5.41, 5.74) is 0.887. The SMILES string of the molecule is O=C(CN1C[C@H]2CNC[C@H]2C1)Nc1cccc(I)c1. The molecule has 5 heteroatoms. The lowest BCUT2D eigenvalue weighted by Crippen LogP contribution is -2.33. The fraction of sp³-hybridized carbons (Fsp3) is 0.500. The summed E-state index contributed by atoms with van der Waals surface area (Å²) in [5, 5.41) is 6.39. The summed E-state index contributed by atoms with van der Waals surface area (Å²) < 4.78 is 1.14. The lowest BCUT2D eigenvalue weighted by molar-refractivity contribution is -0.117. The normalized spacial score (nSPS) is 26.4. The van der Waals surface area contributed by atoms with Crippen LogP contribution in [-0.2, 0) is 4.79 Å². The third-order valence-corrected chi connectivity index (χ3v) is 4.61. The molecule has 2 aliphatic rings. The molecule has 2 N–H and O–H groups in total. The van der Waals surface area contributed by atoms with Crippen LogP contribution in [0.15, 0.2) is 24.3 Å². The number of benzene rings is 1. The number of nitrogens with one attached hydrogen (secondary N) is 2. The molecule has 2 heterocycles. The van der Waals surface area contributed by atoms with Gasteiger partial charge in [0.15, 0.2) is 0 Å². The van der Waals surface area contributed by atoms with Crippen molar-refractivity contribution in [2.24, 2.45) is 11.8 Å². The van der Waals surface area contributed by atoms with Gasteiger partial charge < -0.3 is 10.6 Å². The predicted octanol–water partition coefficient (Wildman–Crippen LogP) is 1.38. The van der Waals surface area contributed by atoms with Crippen LogP contribution in [0.4, 0.5) is 5.69 Å². The maximum atomic E-state index is 12.0. The van der Waals surface area contributed by atoms with Gasteiger partial charge in [-0.05, 0) is 65.7 Å². The van der Waals surface area contributed by atoms with Crippen LogP contribution in [0.5, 0.6) is 0 Å². The lowest BCUT2D eigenvalue weighted by atomic mass is 10.0. The summed E-state index contributed by atoms with van der Waals surface area (Å²) in [5.74, 6) is 1.57. The molecule has 0 bridgehead atoms. The Morgan fingerprint density at radius 3 is 2.79 bits per heavy atom. The molecule has 2 aliphatic heterocycles. The predicted molar refractivity (Wildman–Crippen MR) is 84.1 cm³/mol. The number of hydrogen-bond donors (Lipinski definition) is 2. The summed E-state index contributed by atoms with van der Waals surface area (Å²) >= 11 is 2.25. The minimum atomic E-state index is 0.0925. The van der Waals surface area contributed by atoms with Gasteiger partial charge in [0.05, 0.1) is 6.54 Å². The molecular formula is C14H18IN3O. The Labute approximate surface area is 127 Å². The molecule has 3 rings (SSSR count). The van der Waals surface area contributed by atoms with E-state index in [2.05, 4.69) is 38.1 Å². The second kappa shape index (κ2) is 5.76. The number of anilines is 1. The zero-order chi connectivity index (χ0) is 13.2. The van der Waals surface area contributed by atoms with Crippen molar-refractivity contribution in [1.29, 1.82) is 0 Å². The van der Waals surface area contributed by atoms with E-state index in [1.807, 2.05) is 24.3 Å². The van der Waals surface area contributed by atoms with Gasteiger partial charge in [-0.25, -0.2) is 0 Å². The number of carbonyl (C=O) groups is 1. The number of hydrogen-bond acceptors (Lipinski definition) is 3. The largest absolute Gasteiger partial charge is 0.325 e. The smallest absolute Gasteiger partial charge is 0.238 e. The van der Waals surface area contributed by atoms with E-state index < -0.39 is 0 Å². The number of halogens is 1. The highest BCUT2D eigenvalue weighted by Crippen LogP contribution is 2.25. The summed E-state index contributed by atoms with van der Waals surface area (Å²) in [6, 6.07) is 7.90. The van der Waals surface area contributed by atoms with Crippen molar-refractivity contribution in [2.75, 3.05) is 38.0 Å². The lowest BCUT2D eigenvalue weighted by Gasteiger charge is -2.16. The maximum Gasteiger partial charge on any atom is 0.238 e. The van der Waals surface area contributed by atoms with E-state index in [-0.39, 0.29) is 5.91 Å². The number of nitrogens with zero attached hydrogens (tertiary/aromatic N) is 1. The molecule has 4 nitrogen and oxygen atoms in total. The molecule has 0 radical (unpaired) electrons. The topological polar surface area (TPSA) is 44.4 Å². The highest BCUT2D eigenvalue weighted by Gasteiger charge is 2.36. The molecule has 1 aromatic carbocycles. The molecular weight excluding hydrogens is 353 g/mol. The molecule has 1 amide bonds. The molecule has 0 saturated carbocycles. The van der Waals surface area contributed by atoms with Gasteiger partial charge in [-0.15, -0.1) is 0 Å². The number of likely N-dealkylation sites (tertiary alicyclic amines) is 1. The quantitative estimate of drug-likeness (QED) is 0.790. The molecule has 2 saturated heterocycles. The zero-order valence-electron chi connectivity index (χ0n) is 10.7. The van der Waals surface area contributed by atoms with Crippen LogP contribution in [0.1, 0.15) is 0 Å². The van der Waals surface area contributed by atoms with E-state index in [9.17, 15) is 4.79 Å². The minimum absolute atomic E-state index is 0.0925. The molecule has 0 unspecified atom stereocenters. The van der Waals surface area contributed by atoms with Gasteiger partial charge in [-0.3, -0.25) is 9.69 Å². The first-order chi connectivity index (χ1) is 9.20. The third-order valence-electron chi connectivity index (χ3n) is 3.94. The first kappa shape index (κ1) is 13.3. The van der Waals surface area contributed by atoms with E-state index in [0.717, 1.165) is 47.3 Å². The second-order valence-electron chi connectivity index (χ2n) is 5.43. The molecule has 102 valence electrons. The van der Waals surface area contributed by atoms with Crippen LogP contribution in [0, 0.1) is 15.4 Å². The first-order valence-corrected chi connectivity index (χ1v) is 7.77. The van der Waals surface area contributed by atoms with E-state index in [1.54, 1.807) is 0 Å². The fourth-order valence-corrected chi connectivity index (χ4v) is 3.59. The molecule has 2 fully saturated rings. The molecule has 19 heavy (non-hydrogen) atoms. The van der Waals surface area contributed by atoms with E-state index in [0.29, 0.717) is 6.54 Å². The average Bonchev–Trinajstić information content (AvgIpc) is 2.89. The van der Waals surface area contributed by atoms with Crippen molar-refractivity contribution >= 4 is 34.2 Å². The zero-order valence-corrected chi connectivity index (χ0v) is 12.9. The van der Waals surface area contributed by atoms with Crippen LogP contribution in [-0.4, -0.2) is 43.5 Å². The third kappa shape index (κ3) is 3.27.